The van der Waals surface area contributed by atoms with Gasteiger partial charge >= 0.3 is 0 Å². The highest BCUT2D eigenvalue weighted by Gasteiger charge is 2.00. The smallest absolute Gasteiger partial charge is 0.268 e. The lowest BCUT2D eigenvalue weighted by Gasteiger charge is -1.96. The summed E-state index contributed by atoms with van der Waals surface area (Å²) >= 11 is 5.59. The molecule has 0 amide bonds. The van der Waals surface area contributed by atoms with Crippen LogP contribution in [0, 0.1) is 11.3 Å². The zero-order valence-electron chi connectivity index (χ0n) is 5.84. The topological polar surface area (TPSA) is 45.8 Å². The Balaban J connectivity index is 3.52. The van der Waals surface area contributed by atoms with Crippen LogP contribution in [0.2, 0.25) is 5.02 Å². The van der Waals surface area contributed by atoms with Crippen molar-refractivity contribution in [1.82, 2.24) is 4.57 Å². The Hall–Kier alpha value is -1.27. The fourth-order valence-electron chi connectivity index (χ4n) is 0.751. The van der Waals surface area contributed by atoms with Crippen molar-refractivity contribution < 1.29 is 0 Å². The van der Waals surface area contributed by atoms with E-state index in [-0.39, 0.29) is 11.1 Å². The molecule has 56 valence electrons. The van der Waals surface area contributed by atoms with Gasteiger partial charge in [0.25, 0.3) is 5.56 Å². The van der Waals surface area contributed by atoms with Crippen molar-refractivity contribution in [1.29, 1.82) is 5.26 Å². The molecule has 0 N–H and O–H groups in total. The normalized spacial score (nSPS) is 9.18. The van der Waals surface area contributed by atoms with Gasteiger partial charge in [-0.15, -0.1) is 0 Å². The molecular formula is C7H5ClN2O. The number of rotatable bonds is 0. The third-order valence-electron chi connectivity index (χ3n) is 1.27. The van der Waals surface area contributed by atoms with Gasteiger partial charge in [-0.25, -0.2) is 0 Å². The van der Waals surface area contributed by atoms with E-state index in [1.807, 2.05) is 0 Å². The molecule has 0 saturated heterocycles. The van der Waals surface area contributed by atoms with E-state index >= 15 is 0 Å². The van der Waals surface area contributed by atoms with E-state index in [4.69, 9.17) is 16.9 Å². The van der Waals surface area contributed by atoms with Crippen molar-refractivity contribution in [3.05, 3.63) is 33.2 Å². The molecule has 0 fully saturated rings. The van der Waals surface area contributed by atoms with Crippen molar-refractivity contribution in [2.75, 3.05) is 0 Å². The molecule has 0 unspecified atom stereocenters. The van der Waals surface area contributed by atoms with Gasteiger partial charge in [-0.2, -0.15) is 5.26 Å². The standard InChI is InChI=1S/C7H5ClN2O/c1-10-4-6(8)2-5(3-9)7(10)11/h2,4H,1H3. The second kappa shape index (κ2) is 2.77. The Labute approximate surface area is 68.4 Å². The number of hydrogen-bond acceptors (Lipinski definition) is 2. The highest BCUT2D eigenvalue weighted by Crippen LogP contribution is 2.05. The molecule has 0 atom stereocenters. The van der Waals surface area contributed by atoms with E-state index in [1.54, 1.807) is 13.1 Å². The molecule has 0 aromatic carbocycles. The predicted octanol–water partition coefficient (Wildman–Crippen LogP) is 0.910. The van der Waals surface area contributed by atoms with Crippen LogP contribution in [0.25, 0.3) is 0 Å². The fourth-order valence-corrected chi connectivity index (χ4v) is 1.01. The molecule has 4 heteroatoms. The number of nitriles is 1. The molecule has 0 radical (unpaired) electrons. The fraction of sp³-hybridized carbons (Fsp3) is 0.143. The summed E-state index contributed by atoms with van der Waals surface area (Å²) in [6.45, 7) is 0. The number of nitrogens with zero attached hydrogens (tertiary/aromatic N) is 2. The van der Waals surface area contributed by atoms with Crippen LogP contribution in [0.1, 0.15) is 5.56 Å². The van der Waals surface area contributed by atoms with Crippen molar-refractivity contribution in [2.24, 2.45) is 7.05 Å². The third kappa shape index (κ3) is 1.41. The highest BCUT2D eigenvalue weighted by molar-refractivity contribution is 6.30. The summed E-state index contributed by atoms with van der Waals surface area (Å²) in [5.74, 6) is 0. The molecule has 1 heterocycles. The molecule has 1 aromatic rings. The molecule has 0 saturated carbocycles. The van der Waals surface area contributed by atoms with Gasteiger partial charge in [0, 0.05) is 13.2 Å². The van der Waals surface area contributed by atoms with Crippen LogP contribution in [0.5, 0.6) is 0 Å². The van der Waals surface area contributed by atoms with Gasteiger partial charge in [-0.3, -0.25) is 4.79 Å². The van der Waals surface area contributed by atoms with Crippen molar-refractivity contribution >= 4 is 11.6 Å². The molecular weight excluding hydrogens is 164 g/mol. The lowest BCUT2D eigenvalue weighted by Crippen LogP contribution is -2.18. The second-order valence-corrected chi connectivity index (χ2v) is 2.54. The van der Waals surface area contributed by atoms with Crippen LogP contribution < -0.4 is 5.56 Å². The zero-order valence-corrected chi connectivity index (χ0v) is 6.59. The first-order chi connectivity index (χ1) is 5.15. The Bertz CT molecular complexity index is 375. The van der Waals surface area contributed by atoms with Gasteiger partial charge in [-0.05, 0) is 6.07 Å². The van der Waals surface area contributed by atoms with Gasteiger partial charge < -0.3 is 4.57 Å². The SMILES string of the molecule is Cn1cc(Cl)cc(C#N)c1=O. The Morgan fingerprint density at radius 2 is 2.36 bits per heavy atom. The van der Waals surface area contributed by atoms with Gasteiger partial charge in [0.05, 0.1) is 5.02 Å². The minimum absolute atomic E-state index is 0.0694. The summed E-state index contributed by atoms with van der Waals surface area (Å²) in [4.78, 5) is 11.0. The van der Waals surface area contributed by atoms with E-state index in [2.05, 4.69) is 0 Å². The van der Waals surface area contributed by atoms with Crippen LogP contribution in [-0.2, 0) is 7.05 Å². The molecule has 11 heavy (non-hydrogen) atoms. The van der Waals surface area contributed by atoms with E-state index in [0.717, 1.165) is 0 Å². The summed E-state index contributed by atoms with van der Waals surface area (Å²) in [5.41, 5.74) is -0.253. The summed E-state index contributed by atoms with van der Waals surface area (Å²) in [5, 5.41) is 8.84. The first-order valence-electron chi connectivity index (χ1n) is 2.91. The van der Waals surface area contributed by atoms with E-state index < -0.39 is 0 Å². The maximum Gasteiger partial charge on any atom is 0.268 e. The van der Waals surface area contributed by atoms with Crippen molar-refractivity contribution in [2.45, 2.75) is 0 Å². The maximum atomic E-state index is 11.0. The van der Waals surface area contributed by atoms with Gasteiger partial charge in [0.2, 0.25) is 0 Å². The van der Waals surface area contributed by atoms with Crippen molar-refractivity contribution in [3.8, 4) is 6.07 Å². The predicted molar refractivity (Wildman–Crippen MR) is 41.4 cm³/mol. The number of aromatic nitrogens is 1. The quantitative estimate of drug-likeness (QED) is 0.578. The van der Waals surface area contributed by atoms with Gasteiger partial charge in [-0.1, -0.05) is 11.6 Å². The van der Waals surface area contributed by atoms with Crippen LogP contribution in [0.3, 0.4) is 0 Å². The zero-order chi connectivity index (χ0) is 8.43. The molecule has 0 bridgehead atoms. The van der Waals surface area contributed by atoms with E-state index in [9.17, 15) is 4.79 Å². The molecule has 3 nitrogen and oxygen atoms in total. The maximum absolute atomic E-state index is 11.0. The van der Waals surface area contributed by atoms with Crippen LogP contribution in [0.4, 0.5) is 0 Å². The monoisotopic (exact) mass is 168 g/mol. The molecule has 0 aliphatic heterocycles. The average Bonchev–Trinajstić information content (AvgIpc) is 1.96. The van der Waals surface area contributed by atoms with Crippen LogP contribution >= 0.6 is 11.6 Å². The third-order valence-corrected chi connectivity index (χ3v) is 1.48. The van der Waals surface area contributed by atoms with E-state index in [0.29, 0.717) is 5.02 Å². The first kappa shape index (κ1) is 7.83. The summed E-state index contributed by atoms with van der Waals surface area (Å²) < 4.78 is 1.28. The Morgan fingerprint density at radius 3 is 2.91 bits per heavy atom. The molecule has 1 aromatic heterocycles. The Kier molecular flexibility index (Phi) is 1.97. The molecule has 0 aliphatic rings. The Morgan fingerprint density at radius 1 is 1.73 bits per heavy atom. The number of pyridine rings is 1. The summed E-state index contributed by atoms with van der Waals surface area (Å²) in [7, 11) is 1.55. The van der Waals surface area contributed by atoms with Gasteiger partial charge in [0.15, 0.2) is 0 Å². The number of aryl methyl sites for hydroxylation is 1. The number of halogens is 1. The van der Waals surface area contributed by atoms with E-state index in [1.165, 1.54) is 16.8 Å². The lowest BCUT2D eigenvalue weighted by atomic mass is 10.3. The molecule has 0 aliphatic carbocycles. The second-order valence-electron chi connectivity index (χ2n) is 2.10. The summed E-state index contributed by atoms with van der Waals surface area (Å²) in [6, 6.07) is 3.11. The van der Waals surface area contributed by atoms with Gasteiger partial charge in [0.1, 0.15) is 11.6 Å². The first-order valence-corrected chi connectivity index (χ1v) is 3.29. The average molecular weight is 169 g/mol. The number of hydrogen-bond donors (Lipinski definition) is 0. The molecule has 0 spiro atoms. The minimum atomic E-state index is -0.322. The summed E-state index contributed by atoms with van der Waals surface area (Å²) in [6.07, 6.45) is 1.46. The van der Waals surface area contributed by atoms with Crippen LogP contribution in [-0.4, -0.2) is 4.57 Å². The lowest BCUT2D eigenvalue weighted by molar-refractivity contribution is 0.856. The molecule has 1 rings (SSSR count). The largest absolute Gasteiger partial charge is 0.316 e. The highest BCUT2D eigenvalue weighted by atomic mass is 35.5. The van der Waals surface area contributed by atoms with Crippen molar-refractivity contribution in [3.63, 3.8) is 0 Å². The minimum Gasteiger partial charge on any atom is -0.316 e. The van der Waals surface area contributed by atoms with Crippen LogP contribution in [0.15, 0.2) is 17.1 Å².